The van der Waals surface area contributed by atoms with Crippen LogP contribution in [0.4, 0.5) is 0 Å². The molecule has 0 aliphatic carbocycles. The summed E-state index contributed by atoms with van der Waals surface area (Å²) in [5.74, 6) is 1.98. The Hall–Kier alpha value is -6.01. The van der Waals surface area contributed by atoms with Gasteiger partial charge in [0.1, 0.15) is 0 Å². The molecule has 7 aromatic carbocycles. The van der Waals surface area contributed by atoms with Crippen LogP contribution in [0.1, 0.15) is 0 Å². The van der Waals surface area contributed by atoms with Crippen LogP contribution in [-0.4, -0.2) is 15.0 Å². The maximum atomic E-state index is 5.21. The zero-order chi connectivity index (χ0) is 33.0. The second-order valence-corrected chi connectivity index (χ2v) is 14.5. The Bertz CT molecular complexity index is 2870. The van der Waals surface area contributed by atoms with E-state index >= 15 is 0 Å². The quantitative estimate of drug-likeness (QED) is 0.182. The lowest BCUT2D eigenvalue weighted by Gasteiger charge is -2.12. The highest BCUT2D eigenvalue weighted by atomic mass is 32.1. The van der Waals surface area contributed by atoms with E-state index < -0.39 is 0 Å². The van der Waals surface area contributed by atoms with Crippen molar-refractivity contribution in [2.24, 2.45) is 0 Å². The number of hydrogen-bond acceptors (Lipinski definition) is 5. The zero-order valence-corrected chi connectivity index (χ0v) is 28.4. The summed E-state index contributed by atoms with van der Waals surface area (Å²) in [6.45, 7) is 0. The van der Waals surface area contributed by atoms with Crippen molar-refractivity contribution in [2.75, 3.05) is 0 Å². The molecule has 0 N–H and O–H groups in total. The number of fused-ring (bicyclic) bond motifs is 6. The number of aromatic nitrogens is 3. The molecular weight excluding hydrogens is 647 g/mol. The molecule has 0 aliphatic heterocycles. The van der Waals surface area contributed by atoms with Crippen LogP contribution in [0.15, 0.2) is 164 Å². The molecule has 3 nitrogen and oxygen atoms in total. The molecule has 0 amide bonds. The van der Waals surface area contributed by atoms with Gasteiger partial charge in [0.2, 0.25) is 0 Å². The van der Waals surface area contributed by atoms with Gasteiger partial charge in [-0.1, -0.05) is 146 Å². The van der Waals surface area contributed by atoms with Gasteiger partial charge in [0, 0.05) is 57.0 Å². The van der Waals surface area contributed by atoms with Gasteiger partial charge in [-0.25, -0.2) is 15.0 Å². The molecule has 0 fully saturated rings. The van der Waals surface area contributed by atoms with E-state index in [1.807, 2.05) is 17.4 Å². The normalized spacial score (nSPS) is 11.6. The van der Waals surface area contributed by atoms with Crippen LogP contribution in [0.2, 0.25) is 0 Å². The average Bonchev–Trinajstić information content (AvgIpc) is 3.77. The van der Waals surface area contributed by atoms with E-state index in [-0.39, 0.29) is 0 Å². The maximum absolute atomic E-state index is 5.21. The maximum Gasteiger partial charge on any atom is 0.165 e. The number of rotatable bonds is 5. The lowest BCUT2D eigenvalue weighted by molar-refractivity contribution is 1.08. The number of nitrogens with zero attached hydrogens (tertiary/aromatic N) is 3. The van der Waals surface area contributed by atoms with Gasteiger partial charge in [0.25, 0.3) is 0 Å². The number of hydrogen-bond donors (Lipinski definition) is 0. The molecule has 0 saturated carbocycles. The van der Waals surface area contributed by atoms with Gasteiger partial charge < -0.3 is 0 Å². The highest BCUT2D eigenvalue weighted by Crippen LogP contribution is 2.42. The predicted molar refractivity (Wildman–Crippen MR) is 213 cm³/mol. The van der Waals surface area contributed by atoms with Crippen molar-refractivity contribution >= 4 is 63.0 Å². The molecule has 3 aromatic heterocycles. The SMILES string of the molecule is c1ccc(-c2ccccc2-c2nc(-c3ccc(-c4cccc5c4sc4ccccc45)cc3)nc(-c3cccc4c3sc3ccccc34)n2)cc1. The van der Waals surface area contributed by atoms with E-state index in [9.17, 15) is 0 Å². The van der Waals surface area contributed by atoms with Crippen molar-refractivity contribution in [3.8, 4) is 56.4 Å². The first-order valence-corrected chi connectivity index (χ1v) is 18.2. The average molecular weight is 674 g/mol. The van der Waals surface area contributed by atoms with Gasteiger partial charge in [-0.15, -0.1) is 22.7 Å². The van der Waals surface area contributed by atoms with Crippen LogP contribution >= 0.6 is 22.7 Å². The number of benzene rings is 7. The van der Waals surface area contributed by atoms with Crippen molar-refractivity contribution in [3.05, 3.63) is 164 Å². The van der Waals surface area contributed by atoms with Crippen LogP contribution in [-0.2, 0) is 0 Å². The fraction of sp³-hybridized carbons (Fsp3) is 0. The largest absolute Gasteiger partial charge is 0.208 e. The van der Waals surface area contributed by atoms with E-state index in [0.717, 1.165) is 27.8 Å². The summed E-state index contributed by atoms with van der Waals surface area (Å²) >= 11 is 3.64. The molecule has 0 spiro atoms. The van der Waals surface area contributed by atoms with Crippen LogP contribution in [0.3, 0.4) is 0 Å². The molecule has 0 atom stereocenters. The minimum Gasteiger partial charge on any atom is -0.208 e. The van der Waals surface area contributed by atoms with Gasteiger partial charge in [-0.2, -0.15) is 0 Å². The Kier molecular flexibility index (Phi) is 6.86. The Labute approximate surface area is 296 Å². The molecule has 0 saturated heterocycles. The molecule has 5 heteroatoms. The van der Waals surface area contributed by atoms with E-state index in [2.05, 4.69) is 158 Å². The van der Waals surface area contributed by atoms with Gasteiger partial charge in [0.15, 0.2) is 17.5 Å². The van der Waals surface area contributed by atoms with E-state index in [0.29, 0.717) is 17.5 Å². The lowest BCUT2D eigenvalue weighted by atomic mass is 9.99. The van der Waals surface area contributed by atoms with Crippen molar-refractivity contribution in [1.29, 1.82) is 0 Å². The molecule has 10 rings (SSSR count). The predicted octanol–water partition coefficient (Wildman–Crippen LogP) is 12.9. The lowest BCUT2D eigenvalue weighted by Crippen LogP contribution is -2.01. The van der Waals surface area contributed by atoms with Crippen LogP contribution in [0.25, 0.3) is 96.8 Å². The molecule has 0 aliphatic rings. The zero-order valence-electron chi connectivity index (χ0n) is 26.7. The highest BCUT2D eigenvalue weighted by molar-refractivity contribution is 7.26. The molecule has 234 valence electrons. The molecule has 0 radical (unpaired) electrons. The first-order chi connectivity index (χ1) is 24.8. The summed E-state index contributed by atoms with van der Waals surface area (Å²) < 4.78 is 5.05. The molecule has 50 heavy (non-hydrogen) atoms. The fourth-order valence-corrected chi connectivity index (χ4v) is 9.44. The van der Waals surface area contributed by atoms with E-state index in [4.69, 9.17) is 15.0 Å². The molecule has 0 unspecified atom stereocenters. The summed E-state index contributed by atoms with van der Waals surface area (Å²) in [6, 6.07) is 57.8. The highest BCUT2D eigenvalue weighted by Gasteiger charge is 2.19. The standard InChI is InChI=1S/C45H27N3S2/c1-2-12-28(13-3-1)31-14-4-5-17-37(31)44-46-43(47-45(48-44)38-21-11-20-36-34-16-7-9-23-40(34)50-42(36)38)30-26-24-29(25-27-30)32-18-10-19-35-33-15-6-8-22-39(33)49-41(32)35/h1-27H. The minimum atomic E-state index is 0.651. The third-order valence-electron chi connectivity index (χ3n) is 9.39. The van der Waals surface area contributed by atoms with Gasteiger partial charge >= 0.3 is 0 Å². The molecule has 0 bridgehead atoms. The molecule has 3 heterocycles. The Morgan fingerprint density at radius 2 is 0.720 bits per heavy atom. The van der Waals surface area contributed by atoms with Crippen LogP contribution in [0, 0.1) is 0 Å². The summed E-state index contributed by atoms with van der Waals surface area (Å²) in [6.07, 6.45) is 0. The van der Waals surface area contributed by atoms with Crippen LogP contribution < -0.4 is 0 Å². The smallest absolute Gasteiger partial charge is 0.165 e. The topological polar surface area (TPSA) is 38.7 Å². The third-order valence-corrected chi connectivity index (χ3v) is 11.8. The molecule has 10 aromatic rings. The van der Waals surface area contributed by atoms with Crippen molar-refractivity contribution < 1.29 is 0 Å². The second-order valence-electron chi connectivity index (χ2n) is 12.4. The van der Waals surface area contributed by atoms with Gasteiger partial charge in [0.05, 0.1) is 0 Å². The van der Waals surface area contributed by atoms with Gasteiger partial charge in [-0.05, 0) is 40.5 Å². The van der Waals surface area contributed by atoms with E-state index in [1.165, 1.54) is 51.5 Å². The second kappa shape index (κ2) is 11.8. The summed E-state index contributed by atoms with van der Waals surface area (Å²) in [4.78, 5) is 15.6. The molecular formula is C45H27N3S2. The Balaban J connectivity index is 1.15. The summed E-state index contributed by atoms with van der Waals surface area (Å²) in [5, 5.41) is 5.07. The first kappa shape index (κ1) is 29.0. The number of thiophene rings is 2. The van der Waals surface area contributed by atoms with Crippen molar-refractivity contribution in [3.63, 3.8) is 0 Å². The van der Waals surface area contributed by atoms with Gasteiger partial charge in [-0.3, -0.25) is 0 Å². The monoisotopic (exact) mass is 673 g/mol. The van der Waals surface area contributed by atoms with Crippen LogP contribution in [0.5, 0.6) is 0 Å². The summed E-state index contributed by atoms with van der Waals surface area (Å²) in [7, 11) is 0. The minimum absolute atomic E-state index is 0.651. The van der Waals surface area contributed by atoms with E-state index in [1.54, 1.807) is 11.3 Å². The Morgan fingerprint density at radius 1 is 0.280 bits per heavy atom. The fourth-order valence-electron chi connectivity index (χ4n) is 6.99. The first-order valence-electron chi connectivity index (χ1n) is 16.6. The van der Waals surface area contributed by atoms with Crippen molar-refractivity contribution in [2.45, 2.75) is 0 Å². The third kappa shape index (κ3) is 4.82. The summed E-state index contributed by atoms with van der Waals surface area (Å²) in [5.41, 5.74) is 7.55. The Morgan fingerprint density at radius 3 is 1.40 bits per heavy atom. The van der Waals surface area contributed by atoms with Crippen molar-refractivity contribution in [1.82, 2.24) is 15.0 Å².